The largest absolute Gasteiger partial charge is 0.362 e. The van der Waals surface area contributed by atoms with Crippen molar-refractivity contribution in [3.05, 3.63) is 69.7 Å². The van der Waals surface area contributed by atoms with Gasteiger partial charge in [0.05, 0.1) is 19.2 Å². The second-order valence-electron chi connectivity index (χ2n) is 7.80. The van der Waals surface area contributed by atoms with E-state index in [1.54, 1.807) is 4.90 Å². The molecule has 0 radical (unpaired) electrons. The van der Waals surface area contributed by atoms with Crippen LogP contribution in [0.4, 0.5) is 4.79 Å². The van der Waals surface area contributed by atoms with Gasteiger partial charge in [-0.1, -0.05) is 53.5 Å². The number of nitrogens with one attached hydrogen (secondary N) is 1. The van der Waals surface area contributed by atoms with Crippen LogP contribution in [0.2, 0.25) is 10.0 Å². The maximum atomic E-state index is 12.2. The number of carbonyl (C=O) groups excluding carboxylic acids is 1. The number of halogens is 2. The molecule has 2 aromatic rings. The quantitative estimate of drug-likeness (QED) is 0.748. The summed E-state index contributed by atoms with van der Waals surface area (Å²) in [5.41, 5.74) is 1.62. The smallest absolute Gasteiger partial charge is 0.317 e. The molecule has 1 aliphatic heterocycles. The van der Waals surface area contributed by atoms with Crippen molar-refractivity contribution in [3.8, 4) is 0 Å². The van der Waals surface area contributed by atoms with E-state index < -0.39 is 0 Å². The highest BCUT2D eigenvalue weighted by atomic mass is 35.5. The van der Waals surface area contributed by atoms with Crippen LogP contribution in [0.25, 0.3) is 0 Å². The highest BCUT2D eigenvalue weighted by Crippen LogP contribution is 2.34. The Morgan fingerprint density at radius 3 is 2.33 bits per heavy atom. The fourth-order valence-electron chi connectivity index (χ4n) is 2.94. The van der Waals surface area contributed by atoms with Crippen LogP contribution in [0, 0.1) is 0 Å². The van der Waals surface area contributed by atoms with E-state index in [0.29, 0.717) is 23.1 Å². The van der Waals surface area contributed by atoms with Gasteiger partial charge >= 0.3 is 6.03 Å². The molecular weight excluding hydrogens is 383 g/mol. The lowest BCUT2D eigenvalue weighted by Crippen LogP contribution is -2.60. The van der Waals surface area contributed by atoms with Gasteiger partial charge in [-0.05, 0) is 44.5 Å². The number of rotatable bonds is 4. The zero-order valence-corrected chi connectivity index (χ0v) is 17.2. The van der Waals surface area contributed by atoms with E-state index in [-0.39, 0.29) is 23.8 Å². The van der Waals surface area contributed by atoms with Crippen molar-refractivity contribution >= 4 is 29.2 Å². The van der Waals surface area contributed by atoms with Gasteiger partial charge in [0.25, 0.3) is 0 Å². The number of carbonyl (C=O) groups is 1. The molecule has 1 unspecified atom stereocenters. The molecule has 0 bridgehead atoms. The van der Waals surface area contributed by atoms with E-state index in [0.717, 1.165) is 11.1 Å². The first-order valence-corrected chi connectivity index (χ1v) is 9.71. The number of amides is 2. The van der Waals surface area contributed by atoms with Gasteiger partial charge in [0.15, 0.2) is 0 Å². The number of urea groups is 1. The third kappa shape index (κ3) is 5.16. The van der Waals surface area contributed by atoms with Gasteiger partial charge in [-0.2, -0.15) is 0 Å². The van der Waals surface area contributed by atoms with Crippen LogP contribution in [0.5, 0.6) is 0 Å². The molecule has 1 atom stereocenters. The number of nitrogens with zero attached hydrogens (tertiary/aromatic N) is 1. The van der Waals surface area contributed by atoms with E-state index in [4.69, 9.17) is 27.9 Å². The lowest BCUT2D eigenvalue weighted by atomic mass is 10.0. The van der Waals surface area contributed by atoms with Crippen molar-refractivity contribution in [1.29, 1.82) is 0 Å². The Kier molecular flexibility index (Phi) is 5.99. The summed E-state index contributed by atoms with van der Waals surface area (Å²) in [4.78, 5) is 14.0. The minimum absolute atomic E-state index is 0.0485. The number of ether oxygens (including phenoxy) is 1. The Morgan fingerprint density at radius 2 is 1.74 bits per heavy atom. The first kappa shape index (κ1) is 20.0. The molecule has 1 fully saturated rings. The molecule has 6 heteroatoms. The average Bonchev–Trinajstić information content (AvgIpc) is 2.54. The van der Waals surface area contributed by atoms with Crippen LogP contribution in [-0.4, -0.2) is 35.7 Å². The molecule has 2 aromatic carbocycles. The highest BCUT2D eigenvalue weighted by Gasteiger charge is 2.35. The van der Waals surface area contributed by atoms with Crippen molar-refractivity contribution in [2.24, 2.45) is 0 Å². The lowest BCUT2D eigenvalue weighted by molar-refractivity contribution is -0.0651. The number of likely N-dealkylation sites (tertiary alicyclic amines) is 1. The third-order valence-corrected chi connectivity index (χ3v) is 4.90. The Labute approximate surface area is 170 Å². The molecule has 0 saturated carbocycles. The Bertz CT molecular complexity index is 797. The van der Waals surface area contributed by atoms with Crippen molar-refractivity contribution in [2.45, 2.75) is 38.5 Å². The lowest BCUT2D eigenvalue weighted by Gasteiger charge is -2.42. The van der Waals surface area contributed by atoms with Crippen molar-refractivity contribution in [3.63, 3.8) is 0 Å². The molecule has 1 heterocycles. The maximum absolute atomic E-state index is 12.2. The molecular formula is C21H24Cl2N2O2. The van der Waals surface area contributed by atoms with E-state index in [1.807, 2.05) is 69.3 Å². The summed E-state index contributed by atoms with van der Waals surface area (Å²) >= 11 is 12.4. The zero-order valence-electron chi connectivity index (χ0n) is 15.7. The van der Waals surface area contributed by atoms with Gasteiger partial charge in [-0.3, -0.25) is 0 Å². The number of hydrogen-bond acceptors (Lipinski definition) is 2. The molecule has 0 spiro atoms. The van der Waals surface area contributed by atoms with Gasteiger partial charge in [0.1, 0.15) is 6.10 Å². The van der Waals surface area contributed by atoms with Gasteiger partial charge in [0.2, 0.25) is 0 Å². The third-order valence-electron chi connectivity index (χ3n) is 4.31. The summed E-state index contributed by atoms with van der Waals surface area (Å²) in [5.74, 6) is 0. The standard InChI is InChI=1S/C21H24Cl2N2O2/c1-21(2,3)24-20(26)25-12-16(13-25)27-19(14-8-10-15(22)11-9-14)17-6-4-5-7-18(17)23/h4-11,16,19H,12-13H2,1-3H3,(H,24,26). The highest BCUT2D eigenvalue weighted by molar-refractivity contribution is 6.31. The second kappa shape index (κ2) is 8.09. The summed E-state index contributed by atoms with van der Waals surface area (Å²) in [6.07, 6.45) is -0.360. The van der Waals surface area contributed by atoms with E-state index in [9.17, 15) is 4.79 Å². The van der Waals surface area contributed by atoms with Crippen LogP contribution in [-0.2, 0) is 4.74 Å². The van der Waals surface area contributed by atoms with Gasteiger partial charge in [-0.15, -0.1) is 0 Å². The summed E-state index contributed by atoms with van der Waals surface area (Å²) in [6.45, 7) is 7.00. The zero-order chi connectivity index (χ0) is 19.6. The minimum atomic E-state index is -0.311. The predicted molar refractivity (Wildman–Crippen MR) is 109 cm³/mol. The van der Waals surface area contributed by atoms with Crippen LogP contribution in [0.1, 0.15) is 38.0 Å². The summed E-state index contributed by atoms with van der Waals surface area (Å²) in [7, 11) is 0. The molecule has 2 amide bonds. The average molecular weight is 407 g/mol. The second-order valence-corrected chi connectivity index (χ2v) is 8.64. The predicted octanol–water partition coefficient (Wildman–Crippen LogP) is 5.29. The fraction of sp³-hybridized carbons (Fsp3) is 0.381. The minimum Gasteiger partial charge on any atom is -0.362 e. The molecule has 144 valence electrons. The van der Waals surface area contributed by atoms with Crippen LogP contribution < -0.4 is 5.32 Å². The Balaban J connectivity index is 1.72. The SMILES string of the molecule is CC(C)(C)NC(=O)N1CC(OC(c2ccc(Cl)cc2)c2ccccc2Cl)C1. The van der Waals surface area contributed by atoms with Crippen LogP contribution in [0.3, 0.4) is 0 Å². The Morgan fingerprint density at radius 1 is 1.11 bits per heavy atom. The van der Waals surface area contributed by atoms with E-state index in [1.165, 1.54) is 0 Å². The molecule has 27 heavy (non-hydrogen) atoms. The molecule has 4 nitrogen and oxygen atoms in total. The first-order valence-electron chi connectivity index (χ1n) is 8.95. The van der Waals surface area contributed by atoms with Crippen molar-refractivity contribution < 1.29 is 9.53 Å². The molecule has 1 N–H and O–H groups in total. The molecule has 0 aromatic heterocycles. The van der Waals surface area contributed by atoms with Crippen molar-refractivity contribution in [1.82, 2.24) is 10.2 Å². The molecule has 1 aliphatic rings. The normalized spacial score (nSPS) is 16.0. The van der Waals surface area contributed by atoms with Crippen LogP contribution >= 0.6 is 23.2 Å². The summed E-state index contributed by atoms with van der Waals surface area (Å²) in [6, 6.07) is 15.2. The molecule has 3 rings (SSSR count). The summed E-state index contributed by atoms with van der Waals surface area (Å²) < 4.78 is 6.34. The monoisotopic (exact) mass is 406 g/mol. The fourth-order valence-corrected chi connectivity index (χ4v) is 3.30. The van der Waals surface area contributed by atoms with Crippen molar-refractivity contribution in [2.75, 3.05) is 13.1 Å². The van der Waals surface area contributed by atoms with Gasteiger partial charge in [0, 0.05) is 21.1 Å². The summed E-state index contributed by atoms with van der Waals surface area (Å²) in [5, 5.41) is 4.29. The van der Waals surface area contributed by atoms with E-state index in [2.05, 4.69) is 5.32 Å². The van der Waals surface area contributed by atoms with Gasteiger partial charge in [-0.25, -0.2) is 4.79 Å². The van der Waals surface area contributed by atoms with Gasteiger partial charge < -0.3 is 15.0 Å². The molecule has 1 saturated heterocycles. The Hall–Kier alpha value is -1.75. The first-order chi connectivity index (χ1) is 12.7. The molecule has 0 aliphatic carbocycles. The maximum Gasteiger partial charge on any atom is 0.317 e. The number of benzene rings is 2. The van der Waals surface area contributed by atoms with Crippen LogP contribution in [0.15, 0.2) is 48.5 Å². The topological polar surface area (TPSA) is 41.6 Å². The number of hydrogen-bond donors (Lipinski definition) is 1. The van der Waals surface area contributed by atoms with E-state index >= 15 is 0 Å².